The molecule has 1 heterocycles. The van der Waals surface area contributed by atoms with E-state index in [4.69, 9.17) is 5.11 Å². The van der Waals surface area contributed by atoms with E-state index in [1.807, 2.05) is 0 Å². The lowest BCUT2D eigenvalue weighted by atomic mass is 10.0. The summed E-state index contributed by atoms with van der Waals surface area (Å²) in [5.74, 6) is -1.43. The van der Waals surface area contributed by atoms with E-state index in [0.29, 0.717) is 12.1 Å². The van der Waals surface area contributed by atoms with E-state index in [0.717, 1.165) is 5.56 Å². The first-order valence-corrected chi connectivity index (χ1v) is 6.77. The highest BCUT2D eigenvalue weighted by Gasteiger charge is 2.31. The quantitative estimate of drug-likeness (QED) is 0.822. The lowest BCUT2D eigenvalue weighted by molar-refractivity contribution is -0.136. The van der Waals surface area contributed by atoms with Crippen LogP contribution in [0.2, 0.25) is 0 Å². The molecule has 0 bridgehead atoms. The molecule has 2 amide bonds. The maximum Gasteiger partial charge on any atom is 0.307 e. The third-order valence-corrected chi connectivity index (χ3v) is 3.62. The molecule has 0 saturated carbocycles. The van der Waals surface area contributed by atoms with Gasteiger partial charge < -0.3 is 15.3 Å². The fraction of sp³-hybridized carbons (Fsp3) is 0.400. The third-order valence-electron chi connectivity index (χ3n) is 3.62. The Morgan fingerprint density at radius 2 is 2.00 bits per heavy atom. The SMILES string of the molecule is CN1CC(C(=O)NCc2ccccc2CC(=O)O)CC1=O. The maximum atomic E-state index is 12.0. The topological polar surface area (TPSA) is 86.7 Å². The molecule has 1 saturated heterocycles. The molecule has 6 nitrogen and oxygen atoms in total. The Morgan fingerprint density at radius 3 is 2.57 bits per heavy atom. The number of rotatable bonds is 5. The highest BCUT2D eigenvalue weighted by atomic mass is 16.4. The number of nitrogens with zero attached hydrogens (tertiary/aromatic N) is 1. The fourth-order valence-corrected chi connectivity index (χ4v) is 2.43. The van der Waals surface area contributed by atoms with Crippen LogP contribution in [-0.4, -0.2) is 41.4 Å². The van der Waals surface area contributed by atoms with Crippen LogP contribution >= 0.6 is 0 Å². The monoisotopic (exact) mass is 290 g/mol. The molecule has 0 aromatic heterocycles. The molecular weight excluding hydrogens is 272 g/mol. The average Bonchev–Trinajstić information content (AvgIpc) is 2.77. The van der Waals surface area contributed by atoms with Crippen molar-refractivity contribution in [2.45, 2.75) is 19.4 Å². The molecule has 1 aromatic carbocycles. The molecule has 112 valence electrons. The predicted octanol–water partition coefficient (Wildman–Crippen LogP) is 0.408. The molecule has 0 radical (unpaired) electrons. The molecule has 0 spiro atoms. The zero-order valence-electron chi connectivity index (χ0n) is 11.8. The van der Waals surface area contributed by atoms with Crippen molar-refractivity contribution in [3.05, 3.63) is 35.4 Å². The highest BCUT2D eigenvalue weighted by molar-refractivity contribution is 5.89. The lowest BCUT2D eigenvalue weighted by Crippen LogP contribution is -2.32. The number of hydrogen-bond acceptors (Lipinski definition) is 3. The maximum absolute atomic E-state index is 12.0. The van der Waals surface area contributed by atoms with Crippen LogP contribution in [0.4, 0.5) is 0 Å². The van der Waals surface area contributed by atoms with Gasteiger partial charge in [0.1, 0.15) is 0 Å². The number of aliphatic carboxylic acids is 1. The van der Waals surface area contributed by atoms with Gasteiger partial charge >= 0.3 is 5.97 Å². The standard InChI is InChI=1S/C15H18N2O4/c1-17-9-12(6-13(17)18)15(21)16-8-11-5-3-2-4-10(11)7-14(19)20/h2-5,12H,6-9H2,1H3,(H,16,21)(H,19,20). The van der Waals surface area contributed by atoms with Gasteiger partial charge in [0, 0.05) is 26.6 Å². The molecule has 21 heavy (non-hydrogen) atoms. The molecule has 6 heteroatoms. The number of benzene rings is 1. The van der Waals surface area contributed by atoms with Crippen molar-refractivity contribution in [3.8, 4) is 0 Å². The van der Waals surface area contributed by atoms with Crippen molar-refractivity contribution < 1.29 is 19.5 Å². The zero-order chi connectivity index (χ0) is 15.4. The summed E-state index contributed by atoms with van der Waals surface area (Å²) >= 11 is 0. The Labute approximate surface area is 122 Å². The van der Waals surface area contributed by atoms with Crippen LogP contribution in [0.5, 0.6) is 0 Å². The molecular formula is C15H18N2O4. The van der Waals surface area contributed by atoms with Gasteiger partial charge in [0.15, 0.2) is 0 Å². The van der Waals surface area contributed by atoms with Gasteiger partial charge in [-0.25, -0.2) is 0 Å². The molecule has 1 fully saturated rings. The first-order valence-electron chi connectivity index (χ1n) is 6.77. The van der Waals surface area contributed by atoms with Crippen molar-refractivity contribution in [1.82, 2.24) is 10.2 Å². The number of carbonyl (C=O) groups excluding carboxylic acids is 2. The van der Waals surface area contributed by atoms with Gasteiger partial charge in [-0.05, 0) is 11.1 Å². The minimum Gasteiger partial charge on any atom is -0.481 e. The Morgan fingerprint density at radius 1 is 1.33 bits per heavy atom. The summed E-state index contributed by atoms with van der Waals surface area (Å²) in [6.07, 6.45) is 0.163. The Balaban J connectivity index is 1.95. The number of carbonyl (C=O) groups is 3. The molecule has 1 aliphatic rings. The normalized spacial score (nSPS) is 17.9. The first kappa shape index (κ1) is 15.0. The molecule has 1 aliphatic heterocycles. The number of carboxylic acids is 1. The van der Waals surface area contributed by atoms with Crippen LogP contribution in [0, 0.1) is 5.92 Å². The molecule has 1 atom stereocenters. The van der Waals surface area contributed by atoms with Crippen LogP contribution in [-0.2, 0) is 27.3 Å². The van der Waals surface area contributed by atoms with E-state index in [1.54, 1.807) is 36.2 Å². The van der Waals surface area contributed by atoms with Crippen LogP contribution < -0.4 is 5.32 Å². The Kier molecular flexibility index (Phi) is 4.57. The van der Waals surface area contributed by atoms with E-state index in [-0.39, 0.29) is 37.1 Å². The minimum absolute atomic E-state index is 0.0265. The molecule has 1 aromatic rings. The van der Waals surface area contributed by atoms with Gasteiger partial charge in [-0.3, -0.25) is 14.4 Å². The van der Waals surface area contributed by atoms with Crippen molar-refractivity contribution >= 4 is 17.8 Å². The largest absolute Gasteiger partial charge is 0.481 e. The van der Waals surface area contributed by atoms with Gasteiger partial charge in [-0.2, -0.15) is 0 Å². The fourth-order valence-electron chi connectivity index (χ4n) is 2.43. The smallest absolute Gasteiger partial charge is 0.307 e. The lowest BCUT2D eigenvalue weighted by Gasteiger charge is -2.12. The second-order valence-electron chi connectivity index (χ2n) is 5.23. The third kappa shape index (κ3) is 3.81. The van der Waals surface area contributed by atoms with Crippen LogP contribution in [0.1, 0.15) is 17.5 Å². The zero-order valence-corrected chi connectivity index (χ0v) is 11.8. The van der Waals surface area contributed by atoms with E-state index in [9.17, 15) is 14.4 Å². The number of likely N-dealkylation sites (tertiary alicyclic amines) is 1. The van der Waals surface area contributed by atoms with Gasteiger partial charge in [0.25, 0.3) is 0 Å². The second kappa shape index (κ2) is 6.39. The molecule has 2 rings (SSSR count). The summed E-state index contributed by atoms with van der Waals surface area (Å²) in [4.78, 5) is 35.8. The summed E-state index contributed by atoms with van der Waals surface area (Å²) in [5.41, 5.74) is 1.47. The summed E-state index contributed by atoms with van der Waals surface area (Å²) in [6, 6.07) is 7.11. The van der Waals surface area contributed by atoms with E-state index in [1.165, 1.54) is 0 Å². The summed E-state index contributed by atoms with van der Waals surface area (Å²) in [7, 11) is 1.68. The number of hydrogen-bond donors (Lipinski definition) is 2. The average molecular weight is 290 g/mol. The number of nitrogens with one attached hydrogen (secondary N) is 1. The number of carboxylic acid groups (broad SMARTS) is 1. The molecule has 0 aliphatic carbocycles. The van der Waals surface area contributed by atoms with Crippen molar-refractivity contribution in [3.63, 3.8) is 0 Å². The first-order chi connectivity index (χ1) is 9.97. The summed E-state index contributed by atoms with van der Waals surface area (Å²) in [6.45, 7) is 0.706. The van der Waals surface area contributed by atoms with Crippen LogP contribution in [0.25, 0.3) is 0 Å². The predicted molar refractivity (Wildman–Crippen MR) is 75.4 cm³/mol. The summed E-state index contributed by atoms with van der Waals surface area (Å²) in [5, 5.41) is 11.7. The van der Waals surface area contributed by atoms with Gasteiger partial charge in [0.2, 0.25) is 11.8 Å². The Bertz CT molecular complexity index is 571. The molecule has 1 unspecified atom stereocenters. The van der Waals surface area contributed by atoms with Gasteiger partial charge in [0.05, 0.1) is 12.3 Å². The van der Waals surface area contributed by atoms with Gasteiger partial charge in [-0.15, -0.1) is 0 Å². The van der Waals surface area contributed by atoms with Gasteiger partial charge in [-0.1, -0.05) is 24.3 Å². The summed E-state index contributed by atoms with van der Waals surface area (Å²) < 4.78 is 0. The van der Waals surface area contributed by atoms with Crippen LogP contribution in [0.3, 0.4) is 0 Å². The van der Waals surface area contributed by atoms with E-state index >= 15 is 0 Å². The van der Waals surface area contributed by atoms with Crippen molar-refractivity contribution in [1.29, 1.82) is 0 Å². The second-order valence-corrected chi connectivity index (χ2v) is 5.23. The van der Waals surface area contributed by atoms with E-state index < -0.39 is 5.97 Å². The van der Waals surface area contributed by atoms with Crippen molar-refractivity contribution in [2.24, 2.45) is 5.92 Å². The number of amides is 2. The van der Waals surface area contributed by atoms with Crippen molar-refractivity contribution in [2.75, 3.05) is 13.6 Å². The van der Waals surface area contributed by atoms with E-state index in [2.05, 4.69) is 5.32 Å². The Hall–Kier alpha value is -2.37. The van der Waals surface area contributed by atoms with Crippen LogP contribution in [0.15, 0.2) is 24.3 Å². The molecule has 2 N–H and O–H groups in total. The highest BCUT2D eigenvalue weighted by Crippen LogP contribution is 2.16. The minimum atomic E-state index is -0.906.